The van der Waals surface area contributed by atoms with Gasteiger partial charge in [-0.3, -0.25) is 4.90 Å². The number of hydrazine groups is 1. The average Bonchev–Trinajstić information content (AvgIpc) is 2.44. The first kappa shape index (κ1) is 12.1. The van der Waals surface area contributed by atoms with E-state index >= 15 is 0 Å². The molecular weight excluding hydrogens is 310 g/mol. The molecular formula is C12H10BrN5O. The Morgan fingerprint density at radius 2 is 2.11 bits per heavy atom. The first-order valence-electron chi connectivity index (χ1n) is 5.58. The molecule has 1 aromatic heterocycles. The molecule has 2 aromatic rings. The van der Waals surface area contributed by atoms with Gasteiger partial charge in [0.2, 0.25) is 0 Å². The van der Waals surface area contributed by atoms with Crippen molar-refractivity contribution in [3.8, 4) is 0 Å². The first-order valence-corrected chi connectivity index (χ1v) is 6.37. The summed E-state index contributed by atoms with van der Waals surface area (Å²) in [6, 6.07) is 7.16. The van der Waals surface area contributed by atoms with Crippen LogP contribution in [-0.2, 0) is 6.54 Å². The number of para-hydroxylation sites is 1. The number of benzene rings is 1. The number of carbonyl (C=O) groups is 1. The lowest BCUT2D eigenvalue weighted by Gasteiger charge is -2.33. The van der Waals surface area contributed by atoms with Crippen molar-refractivity contribution in [2.24, 2.45) is 5.84 Å². The van der Waals surface area contributed by atoms with Crippen molar-refractivity contribution in [2.75, 3.05) is 9.91 Å². The number of aromatic nitrogens is 2. The van der Waals surface area contributed by atoms with Crippen molar-refractivity contribution in [2.45, 2.75) is 6.54 Å². The Hall–Kier alpha value is -1.99. The number of urea groups is 1. The normalized spacial score (nSPS) is 14.5. The molecule has 0 spiro atoms. The molecule has 2 N–H and O–H groups in total. The Balaban J connectivity index is 2.07. The van der Waals surface area contributed by atoms with Crippen molar-refractivity contribution >= 4 is 33.5 Å². The van der Waals surface area contributed by atoms with Gasteiger partial charge < -0.3 is 0 Å². The Kier molecular flexibility index (Phi) is 2.92. The van der Waals surface area contributed by atoms with E-state index in [-0.39, 0.29) is 6.03 Å². The summed E-state index contributed by atoms with van der Waals surface area (Å²) in [5.41, 5.74) is 1.57. The molecule has 1 aromatic carbocycles. The Morgan fingerprint density at radius 3 is 2.89 bits per heavy atom. The number of amides is 2. The third-order valence-electron chi connectivity index (χ3n) is 2.90. The lowest BCUT2D eigenvalue weighted by atomic mass is 10.2. The third-order valence-corrected chi connectivity index (χ3v) is 3.57. The van der Waals surface area contributed by atoms with Gasteiger partial charge >= 0.3 is 6.03 Å². The van der Waals surface area contributed by atoms with Crippen LogP contribution in [0.1, 0.15) is 5.56 Å². The van der Waals surface area contributed by atoms with Gasteiger partial charge in [0.05, 0.1) is 12.2 Å². The van der Waals surface area contributed by atoms with Crippen molar-refractivity contribution in [3.05, 3.63) is 46.8 Å². The van der Waals surface area contributed by atoms with Gasteiger partial charge in [0.25, 0.3) is 0 Å². The van der Waals surface area contributed by atoms with Crippen LogP contribution in [0.25, 0.3) is 0 Å². The zero-order chi connectivity index (χ0) is 13.4. The van der Waals surface area contributed by atoms with Gasteiger partial charge in [-0.05, 0) is 28.1 Å². The molecule has 2 heterocycles. The average molecular weight is 320 g/mol. The van der Waals surface area contributed by atoms with Gasteiger partial charge in [-0.15, -0.1) is 0 Å². The van der Waals surface area contributed by atoms with Crippen LogP contribution in [0, 0.1) is 0 Å². The number of fused-ring (bicyclic) bond motifs is 1. The number of rotatable bonds is 1. The summed E-state index contributed by atoms with van der Waals surface area (Å²) in [5.74, 6) is 6.25. The second kappa shape index (κ2) is 4.60. The van der Waals surface area contributed by atoms with Crippen LogP contribution in [0.5, 0.6) is 0 Å². The molecule has 0 saturated heterocycles. The fourth-order valence-electron chi connectivity index (χ4n) is 2.00. The number of anilines is 2. The Morgan fingerprint density at radius 1 is 1.32 bits per heavy atom. The highest BCUT2D eigenvalue weighted by Crippen LogP contribution is 2.32. The Bertz CT molecular complexity index is 648. The largest absolute Gasteiger partial charge is 0.345 e. The molecule has 0 bridgehead atoms. The molecule has 0 fully saturated rings. The van der Waals surface area contributed by atoms with Crippen molar-refractivity contribution in [1.82, 2.24) is 9.97 Å². The van der Waals surface area contributed by atoms with Crippen molar-refractivity contribution in [1.29, 1.82) is 0 Å². The molecule has 3 rings (SSSR count). The predicted molar refractivity (Wildman–Crippen MR) is 74.4 cm³/mol. The maximum atomic E-state index is 12.3. The highest BCUT2D eigenvalue weighted by Gasteiger charge is 2.31. The minimum Gasteiger partial charge on any atom is -0.287 e. The van der Waals surface area contributed by atoms with Crippen LogP contribution in [0.4, 0.5) is 16.3 Å². The molecule has 0 saturated carbocycles. The molecule has 1 aliphatic heterocycles. The summed E-state index contributed by atoms with van der Waals surface area (Å²) in [4.78, 5) is 21.9. The first-order chi connectivity index (χ1) is 9.18. The predicted octanol–water partition coefficient (Wildman–Crippen LogP) is 2.06. The summed E-state index contributed by atoms with van der Waals surface area (Å²) in [5, 5.41) is 1.04. The maximum absolute atomic E-state index is 12.3. The second-order valence-electron chi connectivity index (χ2n) is 4.06. The highest BCUT2D eigenvalue weighted by molar-refractivity contribution is 9.10. The molecule has 96 valence electrons. The van der Waals surface area contributed by atoms with Crippen molar-refractivity contribution in [3.63, 3.8) is 0 Å². The topological polar surface area (TPSA) is 75.3 Å². The molecule has 0 unspecified atom stereocenters. The van der Waals surface area contributed by atoms with Crippen LogP contribution in [0.2, 0.25) is 0 Å². The molecule has 2 amide bonds. The van der Waals surface area contributed by atoms with Gasteiger partial charge in [-0.25, -0.2) is 25.6 Å². The van der Waals surface area contributed by atoms with E-state index in [4.69, 9.17) is 5.84 Å². The minimum atomic E-state index is -0.321. The van der Waals surface area contributed by atoms with Crippen LogP contribution in [-0.4, -0.2) is 16.0 Å². The molecule has 0 aliphatic carbocycles. The van der Waals surface area contributed by atoms with E-state index in [1.807, 2.05) is 24.3 Å². The molecule has 19 heavy (non-hydrogen) atoms. The van der Waals surface area contributed by atoms with E-state index < -0.39 is 0 Å². The van der Waals surface area contributed by atoms with Gasteiger partial charge in [0, 0.05) is 16.2 Å². The smallest absolute Gasteiger partial charge is 0.287 e. The van der Waals surface area contributed by atoms with E-state index in [0.29, 0.717) is 12.4 Å². The summed E-state index contributed by atoms with van der Waals surface area (Å²) in [6.07, 6.45) is 3.04. The van der Waals surface area contributed by atoms with E-state index in [1.165, 1.54) is 6.33 Å². The monoisotopic (exact) mass is 319 g/mol. The van der Waals surface area contributed by atoms with Gasteiger partial charge in [-0.2, -0.15) is 0 Å². The minimum absolute atomic E-state index is 0.321. The summed E-state index contributed by atoms with van der Waals surface area (Å²) in [7, 11) is 0. The van der Waals surface area contributed by atoms with E-state index in [9.17, 15) is 4.79 Å². The van der Waals surface area contributed by atoms with E-state index in [0.717, 1.165) is 20.7 Å². The highest BCUT2D eigenvalue weighted by atomic mass is 79.9. The summed E-state index contributed by atoms with van der Waals surface area (Å²) in [6.45, 7) is 0.394. The van der Waals surface area contributed by atoms with E-state index in [1.54, 1.807) is 11.1 Å². The lowest BCUT2D eigenvalue weighted by molar-refractivity contribution is 0.250. The molecule has 6 nitrogen and oxygen atoms in total. The fraction of sp³-hybridized carbons (Fsp3) is 0.0833. The molecule has 7 heteroatoms. The van der Waals surface area contributed by atoms with Gasteiger partial charge in [0.15, 0.2) is 5.82 Å². The summed E-state index contributed by atoms with van der Waals surface area (Å²) < 4.78 is 0.831. The number of nitrogens with zero attached hydrogens (tertiary/aromatic N) is 4. The lowest BCUT2D eigenvalue weighted by Crippen LogP contribution is -2.51. The number of nitrogens with two attached hydrogens (primary N) is 1. The fourth-order valence-corrected chi connectivity index (χ4v) is 2.50. The SMILES string of the molecule is NN1C(=O)N(c2ccccc2Br)Cc2cncnc21. The third kappa shape index (κ3) is 1.96. The maximum Gasteiger partial charge on any atom is 0.345 e. The zero-order valence-corrected chi connectivity index (χ0v) is 11.4. The van der Waals surface area contributed by atoms with Crippen LogP contribution >= 0.6 is 15.9 Å². The number of hydrogen-bond donors (Lipinski definition) is 1. The Labute approximate surface area is 118 Å². The van der Waals surface area contributed by atoms with Crippen LogP contribution < -0.4 is 15.8 Å². The number of hydrogen-bond acceptors (Lipinski definition) is 4. The second-order valence-corrected chi connectivity index (χ2v) is 4.92. The van der Waals surface area contributed by atoms with Crippen LogP contribution in [0.15, 0.2) is 41.3 Å². The molecule has 1 aliphatic rings. The van der Waals surface area contributed by atoms with E-state index in [2.05, 4.69) is 25.9 Å². The number of halogens is 1. The van der Waals surface area contributed by atoms with Gasteiger partial charge in [-0.1, -0.05) is 12.1 Å². The molecule has 0 radical (unpaired) electrons. The zero-order valence-electron chi connectivity index (χ0n) is 9.82. The quantitative estimate of drug-likeness (QED) is 0.645. The van der Waals surface area contributed by atoms with Crippen LogP contribution in [0.3, 0.4) is 0 Å². The summed E-state index contributed by atoms with van der Waals surface area (Å²) >= 11 is 3.43. The number of carbonyl (C=O) groups excluding carboxylic acids is 1. The van der Waals surface area contributed by atoms with Crippen molar-refractivity contribution < 1.29 is 4.79 Å². The standard InChI is InChI=1S/C12H10BrN5O/c13-9-3-1-2-4-10(9)17-6-8-5-15-7-16-11(8)18(14)12(17)19/h1-5,7H,6,14H2. The molecule has 0 atom stereocenters. The van der Waals surface area contributed by atoms with Gasteiger partial charge in [0.1, 0.15) is 6.33 Å².